The number of Topliss-reactive ketones (excluding diaryl/α,β-unsaturated/α-hetero) is 3. The fourth-order valence-electron chi connectivity index (χ4n) is 6.91. The number of carbonyl (C=O) groups excluding carboxylic acids is 3. The van der Waals surface area contributed by atoms with E-state index in [1.54, 1.807) is 55.6 Å². The number of hydrogen-bond donors (Lipinski definition) is 0. The summed E-state index contributed by atoms with van der Waals surface area (Å²) >= 11 is 6.17. The molecule has 4 aromatic rings. The van der Waals surface area contributed by atoms with E-state index in [1.165, 1.54) is 0 Å². The van der Waals surface area contributed by atoms with Gasteiger partial charge < -0.3 is 9.64 Å². The lowest BCUT2D eigenvalue weighted by atomic mass is 9.64. The van der Waals surface area contributed by atoms with Crippen molar-refractivity contribution in [2.24, 2.45) is 5.41 Å². The van der Waals surface area contributed by atoms with Gasteiger partial charge in [0, 0.05) is 33.3 Å². The van der Waals surface area contributed by atoms with Crippen molar-refractivity contribution in [3.63, 3.8) is 0 Å². The van der Waals surface area contributed by atoms with Crippen LogP contribution in [0.25, 0.3) is 6.08 Å². The van der Waals surface area contributed by atoms with Crippen LogP contribution in [0.3, 0.4) is 0 Å². The molecule has 0 radical (unpaired) electrons. The number of rotatable bonds is 4. The summed E-state index contributed by atoms with van der Waals surface area (Å²) in [5.41, 5.74) is 2.13. The first-order chi connectivity index (χ1) is 19.5. The van der Waals surface area contributed by atoms with Gasteiger partial charge >= 0.3 is 0 Å². The summed E-state index contributed by atoms with van der Waals surface area (Å²) in [6.07, 6.45) is 3.88. The normalized spacial score (nSPS) is 21.8. The zero-order chi connectivity index (χ0) is 27.6. The number of ketones is 3. The van der Waals surface area contributed by atoms with E-state index < -0.39 is 23.4 Å². The van der Waals surface area contributed by atoms with Crippen LogP contribution in [0.5, 0.6) is 5.75 Å². The summed E-state index contributed by atoms with van der Waals surface area (Å²) in [4.78, 5) is 45.9. The standard InChI is InChI=1S/C34H24ClNO4/c1-40-24-9-6-8-22(19-24)29-30(31(37)21-13-16-23(35)17-14-21)36-27-12-5-2-7-20(27)15-18-28(36)34(29)32(38)25-10-3-4-11-26(25)33(34)39/h2-19,28-30H,1H3. The molecule has 6 heteroatoms. The van der Waals surface area contributed by atoms with E-state index in [0.29, 0.717) is 33.0 Å². The number of fused-ring (bicyclic) bond motifs is 5. The molecule has 2 heterocycles. The van der Waals surface area contributed by atoms with Crippen LogP contribution in [0.2, 0.25) is 5.02 Å². The number of nitrogens with zero attached hydrogens (tertiary/aromatic N) is 1. The van der Waals surface area contributed by atoms with E-state index in [1.807, 2.05) is 65.6 Å². The number of methoxy groups -OCH3 is 1. The predicted molar refractivity (Wildman–Crippen MR) is 155 cm³/mol. The summed E-state index contributed by atoms with van der Waals surface area (Å²) in [5.74, 6) is -0.911. The summed E-state index contributed by atoms with van der Waals surface area (Å²) < 4.78 is 5.55. The van der Waals surface area contributed by atoms with Crippen LogP contribution in [0, 0.1) is 5.41 Å². The van der Waals surface area contributed by atoms with Gasteiger partial charge in [0.2, 0.25) is 0 Å². The Hall–Kier alpha value is -4.48. The van der Waals surface area contributed by atoms with Crippen molar-refractivity contribution in [3.8, 4) is 5.75 Å². The lowest BCUT2D eigenvalue weighted by Crippen LogP contribution is -2.48. The second-order valence-electron chi connectivity index (χ2n) is 10.4. The van der Waals surface area contributed by atoms with E-state index in [2.05, 4.69) is 0 Å². The average molecular weight is 546 g/mol. The minimum absolute atomic E-state index is 0.187. The molecule has 40 heavy (non-hydrogen) atoms. The fourth-order valence-corrected chi connectivity index (χ4v) is 7.04. The molecule has 1 saturated heterocycles. The van der Waals surface area contributed by atoms with E-state index in [4.69, 9.17) is 16.3 Å². The van der Waals surface area contributed by atoms with Gasteiger partial charge in [-0.05, 0) is 53.6 Å². The van der Waals surface area contributed by atoms with Gasteiger partial charge in [-0.3, -0.25) is 14.4 Å². The highest BCUT2D eigenvalue weighted by atomic mass is 35.5. The minimum atomic E-state index is -1.55. The number of carbonyl (C=O) groups is 3. The van der Waals surface area contributed by atoms with Gasteiger partial charge in [0.15, 0.2) is 17.3 Å². The maximum absolute atomic E-state index is 14.6. The van der Waals surface area contributed by atoms with Gasteiger partial charge in [0.1, 0.15) is 17.2 Å². The first-order valence-electron chi connectivity index (χ1n) is 13.1. The molecule has 5 nitrogen and oxygen atoms in total. The molecule has 2 aliphatic heterocycles. The highest BCUT2D eigenvalue weighted by Crippen LogP contribution is 2.61. The van der Waals surface area contributed by atoms with E-state index >= 15 is 0 Å². The lowest BCUT2D eigenvalue weighted by Gasteiger charge is -2.37. The smallest absolute Gasteiger partial charge is 0.185 e. The van der Waals surface area contributed by atoms with Crippen molar-refractivity contribution in [2.45, 2.75) is 18.0 Å². The second-order valence-corrected chi connectivity index (χ2v) is 10.8. The topological polar surface area (TPSA) is 63.7 Å². The lowest BCUT2D eigenvalue weighted by molar-refractivity contribution is 0.0665. The van der Waals surface area contributed by atoms with E-state index in [9.17, 15) is 14.4 Å². The molecule has 1 fully saturated rings. The van der Waals surface area contributed by atoms with Gasteiger partial charge in [-0.15, -0.1) is 0 Å². The summed E-state index contributed by atoms with van der Waals surface area (Å²) in [6.45, 7) is 0. The first-order valence-corrected chi connectivity index (χ1v) is 13.5. The van der Waals surface area contributed by atoms with E-state index in [0.717, 1.165) is 11.3 Å². The Balaban J connectivity index is 1.55. The molecule has 4 aromatic carbocycles. The maximum Gasteiger partial charge on any atom is 0.185 e. The zero-order valence-corrected chi connectivity index (χ0v) is 22.3. The van der Waals surface area contributed by atoms with Crippen LogP contribution in [0.15, 0.2) is 103 Å². The molecule has 7 rings (SSSR count). The van der Waals surface area contributed by atoms with Crippen LogP contribution < -0.4 is 9.64 Å². The Kier molecular flexibility index (Phi) is 5.55. The quantitative estimate of drug-likeness (QED) is 0.212. The monoisotopic (exact) mass is 545 g/mol. The number of hydrogen-bond acceptors (Lipinski definition) is 5. The molecular formula is C34H24ClNO4. The van der Waals surface area contributed by atoms with Gasteiger partial charge in [-0.2, -0.15) is 0 Å². The van der Waals surface area contributed by atoms with Gasteiger partial charge in [0.25, 0.3) is 0 Å². The summed E-state index contributed by atoms with van der Waals surface area (Å²) in [5, 5.41) is 0.518. The number of anilines is 1. The van der Waals surface area contributed by atoms with Crippen molar-refractivity contribution in [2.75, 3.05) is 12.0 Å². The number of ether oxygens (including phenoxy) is 1. The van der Waals surface area contributed by atoms with Crippen molar-refractivity contribution in [1.82, 2.24) is 0 Å². The molecule has 3 atom stereocenters. The van der Waals surface area contributed by atoms with Crippen molar-refractivity contribution < 1.29 is 19.1 Å². The molecule has 0 N–H and O–H groups in total. The SMILES string of the molecule is COc1cccc(C2C(C(=O)c3ccc(Cl)cc3)N3c4ccccc4C=CC3C23C(=O)c2ccccc2C3=O)c1. The molecular weight excluding hydrogens is 522 g/mol. The summed E-state index contributed by atoms with van der Waals surface area (Å²) in [6, 6.07) is 27.4. The van der Waals surface area contributed by atoms with Crippen LogP contribution in [-0.2, 0) is 0 Å². The molecule has 0 amide bonds. The van der Waals surface area contributed by atoms with Crippen LogP contribution in [-0.4, -0.2) is 36.5 Å². The molecule has 0 saturated carbocycles. The number of halogens is 1. The molecule has 1 spiro atoms. The Morgan fingerprint density at radius 1 is 0.850 bits per heavy atom. The average Bonchev–Trinajstić information content (AvgIpc) is 3.43. The third kappa shape index (κ3) is 3.24. The Bertz CT molecular complexity index is 1710. The number of benzene rings is 4. The Morgan fingerprint density at radius 2 is 1.52 bits per heavy atom. The maximum atomic E-state index is 14.6. The molecule has 3 aliphatic rings. The minimum Gasteiger partial charge on any atom is -0.497 e. The predicted octanol–water partition coefficient (Wildman–Crippen LogP) is 6.66. The highest BCUT2D eigenvalue weighted by Gasteiger charge is 2.71. The molecule has 3 unspecified atom stereocenters. The number of para-hydroxylation sites is 1. The van der Waals surface area contributed by atoms with Crippen LogP contribution in [0.4, 0.5) is 5.69 Å². The zero-order valence-electron chi connectivity index (χ0n) is 21.6. The first kappa shape index (κ1) is 24.6. The largest absolute Gasteiger partial charge is 0.497 e. The second kappa shape index (κ2) is 9.04. The molecule has 0 aromatic heterocycles. The molecule has 0 bridgehead atoms. The Labute approximate surface area is 236 Å². The van der Waals surface area contributed by atoms with Crippen molar-refractivity contribution in [3.05, 3.63) is 136 Å². The van der Waals surface area contributed by atoms with Crippen molar-refractivity contribution >= 4 is 40.7 Å². The fraction of sp³-hybridized carbons (Fsp3) is 0.147. The molecule has 196 valence electrons. The van der Waals surface area contributed by atoms with Gasteiger partial charge in [-0.25, -0.2) is 0 Å². The molecule has 1 aliphatic carbocycles. The van der Waals surface area contributed by atoms with Gasteiger partial charge in [-0.1, -0.05) is 78.4 Å². The van der Waals surface area contributed by atoms with Gasteiger partial charge in [0.05, 0.1) is 13.2 Å². The van der Waals surface area contributed by atoms with E-state index in [-0.39, 0.29) is 17.3 Å². The third-order valence-electron chi connectivity index (χ3n) is 8.56. The van der Waals surface area contributed by atoms with Crippen LogP contribution in [0.1, 0.15) is 48.1 Å². The van der Waals surface area contributed by atoms with Crippen molar-refractivity contribution in [1.29, 1.82) is 0 Å². The van der Waals surface area contributed by atoms with Crippen LogP contribution >= 0.6 is 11.6 Å². The summed E-state index contributed by atoms with van der Waals surface area (Å²) in [7, 11) is 1.57. The Morgan fingerprint density at radius 3 is 2.23 bits per heavy atom. The third-order valence-corrected chi connectivity index (χ3v) is 8.82. The highest BCUT2D eigenvalue weighted by molar-refractivity contribution is 6.32.